The van der Waals surface area contributed by atoms with Gasteiger partial charge in [-0.3, -0.25) is 4.79 Å². The van der Waals surface area contributed by atoms with Crippen molar-refractivity contribution in [2.24, 2.45) is 0 Å². The molecule has 3 atom stereocenters. The van der Waals surface area contributed by atoms with Crippen molar-refractivity contribution in [3.63, 3.8) is 0 Å². The molecule has 2 aromatic rings. The Balaban J connectivity index is 2.00. The van der Waals surface area contributed by atoms with Gasteiger partial charge in [0, 0.05) is 14.1 Å². The molecule has 1 saturated heterocycles. The molecule has 1 aliphatic rings. The molecule has 0 saturated carbocycles. The van der Waals surface area contributed by atoms with Crippen LogP contribution in [-0.4, -0.2) is 43.7 Å². The van der Waals surface area contributed by atoms with E-state index < -0.39 is 22.1 Å². The van der Waals surface area contributed by atoms with Gasteiger partial charge in [-0.05, 0) is 24.6 Å². The van der Waals surface area contributed by atoms with E-state index >= 15 is 0 Å². The lowest BCUT2D eigenvalue weighted by Crippen LogP contribution is -2.30. The standard InChI is InChI=1S/C18H20N2O3S/c1-13-9-11-15(12-10-13)24(22,23)20-16(14-7-5-4-6-8-14)17(20)18(21)19(2)3/h4-12,16-17H,1-3H3/t16-,17?,20?/m0/s1. The van der Waals surface area contributed by atoms with E-state index in [9.17, 15) is 13.2 Å². The van der Waals surface area contributed by atoms with Crippen molar-refractivity contribution >= 4 is 15.9 Å². The molecule has 5 nitrogen and oxygen atoms in total. The van der Waals surface area contributed by atoms with Crippen LogP contribution >= 0.6 is 0 Å². The number of carbonyl (C=O) groups is 1. The van der Waals surface area contributed by atoms with Gasteiger partial charge in [-0.15, -0.1) is 0 Å². The first-order valence-electron chi connectivity index (χ1n) is 7.70. The molecule has 0 aliphatic carbocycles. The molecular weight excluding hydrogens is 324 g/mol. The van der Waals surface area contributed by atoms with Crippen LogP contribution in [0.15, 0.2) is 59.5 Å². The van der Waals surface area contributed by atoms with E-state index in [1.54, 1.807) is 38.4 Å². The van der Waals surface area contributed by atoms with Gasteiger partial charge >= 0.3 is 0 Å². The van der Waals surface area contributed by atoms with Gasteiger partial charge in [-0.1, -0.05) is 48.0 Å². The highest BCUT2D eigenvalue weighted by atomic mass is 32.2. The Morgan fingerprint density at radius 3 is 2.12 bits per heavy atom. The zero-order chi connectivity index (χ0) is 17.5. The molecule has 0 aromatic heterocycles. The number of aryl methyl sites for hydroxylation is 1. The van der Waals surface area contributed by atoms with Gasteiger partial charge < -0.3 is 4.90 Å². The molecule has 3 rings (SSSR count). The lowest BCUT2D eigenvalue weighted by atomic mass is 10.1. The fourth-order valence-electron chi connectivity index (χ4n) is 2.83. The molecule has 0 spiro atoms. The van der Waals surface area contributed by atoms with Gasteiger partial charge in [0.25, 0.3) is 0 Å². The van der Waals surface area contributed by atoms with Gasteiger partial charge in [0.1, 0.15) is 6.04 Å². The summed E-state index contributed by atoms with van der Waals surface area (Å²) in [5.41, 5.74) is 1.81. The van der Waals surface area contributed by atoms with E-state index in [1.807, 2.05) is 37.3 Å². The first-order chi connectivity index (χ1) is 11.3. The maximum absolute atomic E-state index is 13.0. The average molecular weight is 344 g/mol. The molecule has 1 fully saturated rings. The Bertz CT molecular complexity index is 846. The van der Waals surface area contributed by atoms with Crippen molar-refractivity contribution in [3.05, 3.63) is 65.7 Å². The largest absolute Gasteiger partial charge is 0.347 e. The van der Waals surface area contributed by atoms with Gasteiger partial charge in [0.15, 0.2) is 0 Å². The minimum Gasteiger partial charge on any atom is -0.347 e. The molecule has 126 valence electrons. The summed E-state index contributed by atoms with van der Waals surface area (Å²) in [6, 6.07) is 14.8. The van der Waals surface area contributed by atoms with Crippen LogP contribution in [0.2, 0.25) is 0 Å². The number of hydrogen-bond donors (Lipinski definition) is 0. The van der Waals surface area contributed by atoms with Crippen molar-refractivity contribution in [2.45, 2.75) is 23.9 Å². The van der Waals surface area contributed by atoms with Crippen LogP contribution in [0, 0.1) is 6.92 Å². The van der Waals surface area contributed by atoms with Crippen molar-refractivity contribution in [1.29, 1.82) is 0 Å². The van der Waals surface area contributed by atoms with Crippen molar-refractivity contribution in [3.8, 4) is 0 Å². The maximum atomic E-state index is 13.0. The Morgan fingerprint density at radius 1 is 1.00 bits per heavy atom. The Kier molecular flexibility index (Phi) is 4.19. The molecule has 0 bridgehead atoms. The zero-order valence-corrected chi connectivity index (χ0v) is 14.7. The molecule has 1 amide bonds. The Hall–Kier alpha value is -2.18. The minimum atomic E-state index is -3.72. The van der Waals surface area contributed by atoms with Crippen LogP contribution in [0.4, 0.5) is 0 Å². The number of nitrogens with zero attached hydrogens (tertiary/aromatic N) is 2. The summed E-state index contributed by atoms with van der Waals surface area (Å²) in [5.74, 6) is -0.209. The van der Waals surface area contributed by atoms with E-state index in [-0.39, 0.29) is 10.8 Å². The highest BCUT2D eigenvalue weighted by Crippen LogP contribution is 2.48. The number of hydrogen-bond acceptors (Lipinski definition) is 3. The van der Waals surface area contributed by atoms with Crippen molar-refractivity contribution < 1.29 is 13.2 Å². The van der Waals surface area contributed by atoms with Gasteiger partial charge in [-0.25, -0.2) is 8.42 Å². The second-order valence-electron chi connectivity index (χ2n) is 6.18. The van der Waals surface area contributed by atoms with Crippen LogP contribution in [-0.2, 0) is 14.8 Å². The third kappa shape index (κ3) is 2.83. The quantitative estimate of drug-likeness (QED) is 0.799. The summed E-state index contributed by atoms with van der Waals surface area (Å²) in [5, 5.41) is 0. The van der Waals surface area contributed by atoms with Gasteiger partial charge in [-0.2, -0.15) is 4.31 Å². The Morgan fingerprint density at radius 2 is 1.58 bits per heavy atom. The summed E-state index contributed by atoms with van der Waals surface area (Å²) in [6.45, 7) is 1.90. The van der Waals surface area contributed by atoms with Crippen molar-refractivity contribution in [2.75, 3.05) is 14.1 Å². The second-order valence-corrected chi connectivity index (χ2v) is 8.02. The normalized spacial score (nSPS) is 22.9. The van der Waals surface area contributed by atoms with E-state index in [1.165, 1.54) is 9.21 Å². The van der Waals surface area contributed by atoms with E-state index in [2.05, 4.69) is 0 Å². The van der Waals surface area contributed by atoms with Crippen LogP contribution in [0.1, 0.15) is 17.2 Å². The summed E-state index contributed by atoms with van der Waals surface area (Å²) in [4.78, 5) is 14.1. The molecule has 1 aliphatic heterocycles. The number of carbonyl (C=O) groups excluding carboxylic acids is 1. The van der Waals surface area contributed by atoms with Crippen LogP contribution in [0.25, 0.3) is 0 Å². The lowest BCUT2D eigenvalue weighted by Gasteiger charge is -2.10. The van der Waals surface area contributed by atoms with Gasteiger partial charge in [0.05, 0.1) is 10.9 Å². The fourth-order valence-corrected chi connectivity index (χ4v) is 4.54. The number of rotatable bonds is 4. The first-order valence-corrected chi connectivity index (χ1v) is 9.14. The topological polar surface area (TPSA) is 57.5 Å². The molecular formula is C18H20N2O3S. The molecule has 6 heteroatoms. The predicted molar refractivity (Wildman–Crippen MR) is 91.9 cm³/mol. The first kappa shape index (κ1) is 16.7. The number of likely N-dealkylation sites (N-methyl/N-ethyl adjacent to an activating group) is 1. The fraction of sp³-hybridized carbons (Fsp3) is 0.278. The van der Waals surface area contributed by atoms with Crippen LogP contribution < -0.4 is 0 Å². The van der Waals surface area contributed by atoms with Crippen LogP contribution in [0.5, 0.6) is 0 Å². The average Bonchev–Trinajstić information content (AvgIpc) is 3.31. The molecule has 2 unspecified atom stereocenters. The minimum absolute atomic E-state index is 0.209. The van der Waals surface area contributed by atoms with Crippen LogP contribution in [0.3, 0.4) is 0 Å². The third-order valence-electron chi connectivity index (χ3n) is 4.19. The lowest BCUT2D eigenvalue weighted by molar-refractivity contribution is -0.128. The van der Waals surface area contributed by atoms with E-state index in [0.29, 0.717) is 0 Å². The monoisotopic (exact) mass is 344 g/mol. The molecule has 0 radical (unpaired) electrons. The van der Waals surface area contributed by atoms with Gasteiger partial charge in [0.2, 0.25) is 15.9 Å². The number of sulfonamides is 1. The third-order valence-corrected chi connectivity index (χ3v) is 6.07. The zero-order valence-electron chi connectivity index (χ0n) is 13.9. The second kappa shape index (κ2) is 6.03. The maximum Gasteiger partial charge on any atom is 0.244 e. The molecule has 24 heavy (non-hydrogen) atoms. The predicted octanol–water partition coefficient (Wildman–Crippen LogP) is 2.20. The van der Waals surface area contributed by atoms with E-state index in [0.717, 1.165) is 11.1 Å². The Labute approximate surface area is 142 Å². The summed E-state index contributed by atoms with van der Waals surface area (Å²) >= 11 is 0. The number of benzene rings is 2. The highest BCUT2D eigenvalue weighted by molar-refractivity contribution is 7.89. The SMILES string of the molecule is Cc1ccc(S(=O)(=O)N2C(C(=O)N(C)C)[C@@H]2c2ccccc2)cc1. The smallest absolute Gasteiger partial charge is 0.244 e. The summed E-state index contributed by atoms with van der Waals surface area (Å²) < 4.78 is 27.3. The highest BCUT2D eigenvalue weighted by Gasteiger charge is 2.60. The molecule has 1 heterocycles. The van der Waals surface area contributed by atoms with E-state index in [4.69, 9.17) is 0 Å². The number of amides is 1. The van der Waals surface area contributed by atoms with Crippen molar-refractivity contribution in [1.82, 2.24) is 9.21 Å². The summed E-state index contributed by atoms with van der Waals surface area (Å²) in [7, 11) is -0.445. The molecule has 0 N–H and O–H groups in total. The molecule has 2 aromatic carbocycles. The summed E-state index contributed by atoms with van der Waals surface area (Å²) in [6.07, 6.45) is 0.